The zero-order chi connectivity index (χ0) is 11.9. The molecule has 3 rings (SSSR count). The first-order chi connectivity index (χ1) is 8.21. The number of ether oxygens (including phenoxy) is 1. The van der Waals surface area contributed by atoms with Gasteiger partial charge >= 0.3 is 0 Å². The van der Waals surface area contributed by atoms with E-state index in [4.69, 9.17) is 15.5 Å². The van der Waals surface area contributed by atoms with Crippen LogP contribution >= 0.6 is 23.1 Å². The van der Waals surface area contributed by atoms with Gasteiger partial charge in [0.1, 0.15) is 10.5 Å². The maximum absolute atomic E-state index is 5.90. The van der Waals surface area contributed by atoms with Crippen LogP contribution in [0.1, 0.15) is 18.4 Å². The molecule has 3 atom stereocenters. The van der Waals surface area contributed by atoms with E-state index in [9.17, 15) is 0 Å². The molecule has 2 N–H and O–H groups in total. The lowest BCUT2D eigenvalue weighted by atomic mass is 9.80. The fourth-order valence-corrected chi connectivity index (χ4v) is 4.38. The van der Waals surface area contributed by atoms with Crippen molar-refractivity contribution in [3.05, 3.63) is 16.6 Å². The Labute approximate surface area is 109 Å². The van der Waals surface area contributed by atoms with E-state index >= 15 is 0 Å². The topological polar surface area (TPSA) is 60.5 Å². The Morgan fingerprint density at radius 2 is 2.47 bits per heavy atom. The number of aromatic nitrogens is 1. The number of aliphatic imine (C=N–C) groups is 1. The van der Waals surface area contributed by atoms with Crippen molar-refractivity contribution >= 4 is 28.3 Å². The lowest BCUT2D eigenvalue weighted by Gasteiger charge is -2.44. The van der Waals surface area contributed by atoms with Crippen molar-refractivity contribution in [3.63, 3.8) is 0 Å². The lowest BCUT2D eigenvalue weighted by Crippen LogP contribution is -2.49. The van der Waals surface area contributed by atoms with Crippen LogP contribution in [0.5, 0.6) is 0 Å². The Morgan fingerprint density at radius 1 is 1.59 bits per heavy atom. The molecule has 3 unspecified atom stereocenters. The van der Waals surface area contributed by atoms with Crippen LogP contribution in [0.2, 0.25) is 0 Å². The molecule has 1 aromatic heterocycles. The first kappa shape index (κ1) is 11.5. The molecule has 0 radical (unpaired) electrons. The Hall–Kier alpha value is -0.590. The second kappa shape index (κ2) is 4.26. The molecule has 1 saturated heterocycles. The van der Waals surface area contributed by atoms with E-state index in [2.05, 4.69) is 11.9 Å². The van der Waals surface area contributed by atoms with Gasteiger partial charge in [-0.05, 0) is 13.3 Å². The third-order valence-corrected chi connectivity index (χ3v) is 5.32. The minimum atomic E-state index is -0.323. The number of rotatable bonds is 1. The van der Waals surface area contributed by atoms with E-state index in [0.717, 1.165) is 17.2 Å². The van der Waals surface area contributed by atoms with Gasteiger partial charge in [-0.2, -0.15) is 0 Å². The van der Waals surface area contributed by atoms with Gasteiger partial charge in [0.05, 0.1) is 12.7 Å². The van der Waals surface area contributed by atoms with E-state index in [1.165, 1.54) is 0 Å². The number of hydrogen-bond donors (Lipinski definition) is 1. The standard InChI is InChI=1S/C11H15N3OS2/c1-7-4-8-5-17-10(12)14-11(8,6-15-7)9-13-2-3-16-9/h2-3,7-8H,4-6H2,1H3,(H2,12,14). The fraction of sp³-hybridized carbons (Fsp3) is 0.636. The molecule has 1 aromatic rings. The molecule has 0 aliphatic carbocycles. The second-order valence-corrected chi connectivity index (χ2v) is 6.51. The number of nitrogens with two attached hydrogens (primary N) is 1. The first-order valence-corrected chi connectivity index (χ1v) is 7.57. The summed E-state index contributed by atoms with van der Waals surface area (Å²) < 4.78 is 5.82. The summed E-state index contributed by atoms with van der Waals surface area (Å²) in [6.07, 6.45) is 3.17. The number of thioether (sulfide) groups is 1. The molecule has 6 heteroatoms. The molecule has 0 saturated carbocycles. The smallest absolute Gasteiger partial charge is 0.154 e. The summed E-state index contributed by atoms with van der Waals surface area (Å²) in [6, 6.07) is 0. The van der Waals surface area contributed by atoms with Gasteiger partial charge in [-0.3, -0.25) is 0 Å². The molecule has 0 amide bonds. The average molecular weight is 269 g/mol. The number of amidine groups is 1. The average Bonchev–Trinajstić information content (AvgIpc) is 2.83. The van der Waals surface area contributed by atoms with Crippen molar-refractivity contribution in [2.24, 2.45) is 16.6 Å². The molecule has 0 spiro atoms. The van der Waals surface area contributed by atoms with Gasteiger partial charge in [0.2, 0.25) is 0 Å². The molecule has 3 heterocycles. The van der Waals surface area contributed by atoms with Crippen LogP contribution in [0.4, 0.5) is 0 Å². The predicted molar refractivity (Wildman–Crippen MR) is 71.4 cm³/mol. The van der Waals surface area contributed by atoms with Crippen molar-refractivity contribution in [2.75, 3.05) is 12.4 Å². The number of thiazole rings is 1. The molecular weight excluding hydrogens is 254 g/mol. The van der Waals surface area contributed by atoms with E-state index in [1.54, 1.807) is 23.1 Å². The highest BCUT2D eigenvalue weighted by Crippen LogP contribution is 2.46. The van der Waals surface area contributed by atoms with Crippen LogP contribution in [0.3, 0.4) is 0 Å². The minimum absolute atomic E-state index is 0.309. The maximum Gasteiger partial charge on any atom is 0.154 e. The summed E-state index contributed by atoms with van der Waals surface area (Å²) >= 11 is 3.30. The number of hydrogen-bond acceptors (Lipinski definition) is 6. The summed E-state index contributed by atoms with van der Waals surface area (Å²) in [7, 11) is 0. The van der Waals surface area contributed by atoms with Crippen LogP contribution < -0.4 is 5.73 Å². The van der Waals surface area contributed by atoms with Crippen LogP contribution in [-0.4, -0.2) is 28.6 Å². The molecule has 17 heavy (non-hydrogen) atoms. The number of fused-ring (bicyclic) bond motifs is 1. The monoisotopic (exact) mass is 269 g/mol. The van der Waals surface area contributed by atoms with Crippen molar-refractivity contribution in [1.29, 1.82) is 0 Å². The summed E-state index contributed by atoms with van der Waals surface area (Å²) in [5.41, 5.74) is 5.58. The lowest BCUT2D eigenvalue weighted by molar-refractivity contribution is -0.0466. The van der Waals surface area contributed by atoms with Gasteiger partial charge in [0.15, 0.2) is 5.17 Å². The molecule has 0 aromatic carbocycles. The van der Waals surface area contributed by atoms with Crippen molar-refractivity contribution in [1.82, 2.24) is 4.98 Å². The fourth-order valence-electron chi connectivity index (χ4n) is 2.52. The minimum Gasteiger partial charge on any atom is -0.379 e. The Balaban J connectivity index is 2.04. The zero-order valence-electron chi connectivity index (χ0n) is 9.63. The van der Waals surface area contributed by atoms with Crippen molar-refractivity contribution < 1.29 is 4.74 Å². The molecule has 2 aliphatic rings. The summed E-state index contributed by atoms with van der Waals surface area (Å²) in [5.74, 6) is 1.50. The van der Waals surface area contributed by atoms with Crippen LogP contribution in [0.15, 0.2) is 16.6 Å². The van der Waals surface area contributed by atoms with Crippen LogP contribution in [0.25, 0.3) is 0 Å². The van der Waals surface area contributed by atoms with Gasteiger partial charge in [-0.1, -0.05) is 11.8 Å². The summed E-state index contributed by atoms with van der Waals surface area (Å²) in [6.45, 7) is 2.73. The zero-order valence-corrected chi connectivity index (χ0v) is 11.3. The second-order valence-electron chi connectivity index (χ2n) is 4.58. The largest absolute Gasteiger partial charge is 0.379 e. The predicted octanol–water partition coefficient (Wildman–Crippen LogP) is 1.82. The van der Waals surface area contributed by atoms with Gasteiger partial charge in [0, 0.05) is 23.2 Å². The van der Waals surface area contributed by atoms with E-state index < -0.39 is 0 Å². The maximum atomic E-state index is 5.90. The van der Waals surface area contributed by atoms with Gasteiger partial charge in [0.25, 0.3) is 0 Å². The van der Waals surface area contributed by atoms with Gasteiger partial charge in [-0.15, -0.1) is 11.3 Å². The van der Waals surface area contributed by atoms with Crippen LogP contribution in [0, 0.1) is 5.92 Å². The Kier molecular flexibility index (Phi) is 2.88. The van der Waals surface area contributed by atoms with Crippen molar-refractivity contribution in [2.45, 2.75) is 25.0 Å². The summed E-state index contributed by atoms with van der Waals surface area (Å²) in [4.78, 5) is 9.13. The quantitative estimate of drug-likeness (QED) is 0.845. The third-order valence-electron chi connectivity index (χ3n) is 3.42. The van der Waals surface area contributed by atoms with Gasteiger partial charge in [-0.25, -0.2) is 9.98 Å². The normalized spacial score (nSPS) is 37.4. The third kappa shape index (κ3) is 1.88. The Morgan fingerprint density at radius 3 is 3.24 bits per heavy atom. The molecule has 4 nitrogen and oxygen atoms in total. The highest BCUT2D eigenvalue weighted by molar-refractivity contribution is 8.13. The molecule has 0 bridgehead atoms. The van der Waals surface area contributed by atoms with E-state index in [0.29, 0.717) is 23.8 Å². The van der Waals surface area contributed by atoms with E-state index in [1.807, 2.05) is 11.6 Å². The molecule has 1 fully saturated rings. The molecular formula is C11H15N3OS2. The molecule has 92 valence electrons. The van der Waals surface area contributed by atoms with E-state index in [-0.39, 0.29) is 5.54 Å². The molecule has 2 aliphatic heterocycles. The van der Waals surface area contributed by atoms with Gasteiger partial charge < -0.3 is 10.5 Å². The highest BCUT2D eigenvalue weighted by Gasteiger charge is 2.48. The Bertz CT molecular complexity index is 434. The first-order valence-electron chi connectivity index (χ1n) is 5.70. The SMILES string of the molecule is CC1CC2CSC(N)=NC2(c2nccs2)CO1. The van der Waals surface area contributed by atoms with Crippen LogP contribution in [-0.2, 0) is 10.3 Å². The highest BCUT2D eigenvalue weighted by atomic mass is 32.2. The summed E-state index contributed by atoms with van der Waals surface area (Å²) in [5, 5.41) is 3.69. The number of nitrogens with zero attached hydrogens (tertiary/aromatic N) is 2. The van der Waals surface area contributed by atoms with Crippen molar-refractivity contribution in [3.8, 4) is 0 Å².